The number of methoxy groups -OCH3 is 1. The molecular formula is C14H20N2O2S. The molecule has 5 heteroatoms. The maximum Gasteiger partial charge on any atom is 0.235 e. The van der Waals surface area contributed by atoms with Crippen molar-refractivity contribution < 1.29 is 9.53 Å². The molecule has 1 aromatic carbocycles. The van der Waals surface area contributed by atoms with Gasteiger partial charge in [-0.2, -0.15) is 0 Å². The number of carbonyl (C=O) groups excluding carboxylic acids is 1. The summed E-state index contributed by atoms with van der Waals surface area (Å²) in [6, 6.07) is 7.83. The average Bonchev–Trinajstić information content (AvgIpc) is 2.47. The Bertz CT molecular complexity index is 433. The van der Waals surface area contributed by atoms with Gasteiger partial charge < -0.3 is 15.0 Å². The molecule has 1 aliphatic rings. The van der Waals surface area contributed by atoms with Crippen molar-refractivity contribution >= 4 is 17.7 Å². The van der Waals surface area contributed by atoms with E-state index < -0.39 is 0 Å². The lowest BCUT2D eigenvalue weighted by Crippen LogP contribution is -2.48. The zero-order chi connectivity index (χ0) is 13.7. The number of piperazine rings is 1. The molecule has 0 spiro atoms. The Kier molecular flexibility index (Phi) is 5.10. The molecule has 19 heavy (non-hydrogen) atoms. The van der Waals surface area contributed by atoms with Crippen LogP contribution in [-0.2, 0) is 4.79 Å². The highest BCUT2D eigenvalue weighted by molar-refractivity contribution is 8.00. The number of nitrogens with one attached hydrogen (secondary N) is 1. The second-order valence-electron chi connectivity index (χ2n) is 4.51. The van der Waals surface area contributed by atoms with Crippen molar-refractivity contribution in [1.29, 1.82) is 0 Å². The fourth-order valence-electron chi connectivity index (χ4n) is 2.07. The van der Waals surface area contributed by atoms with Gasteiger partial charge in [-0.1, -0.05) is 6.07 Å². The Morgan fingerprint density at radius 1 is 1.42 bits per heavy atom. The molecule has 1 amide bonds. The molecule has 1 aliphatic heterocycles. The molecule has 1 heterocycles. The van der Waals surface area contributed by atoms with Crippen molar-refractivity contribution in [3.63, 3.8) is 0 Å². The standard InChI is InChI=1S/C14H20N2O2S/c1-11(14(17)16-8-6-15-7-9-16)19-13-5-3-4-12(10-13)18-2/h3-5,10-11,15H,6-9H2,1-2H3. The largest absolute Gasteiger partial charge is 0.497 e. The second-order valence-corrected chi connectivity index (χ2v) is 5.93. The molecule has 4 nitrogen and oxygen atoms in total. The van der Waals surface area contributed by atoms with E-state index in [1.807, 2.05) is 36.1 Å². The van der Waals surface area contributed by atoms with Gasteiger partial charge in [0, 0.05) is 31.1 Å². The number of carbonyl (C=O) groups is 1. The van der Waals surface area contributed by atoms with E-state index in [4.69, 9.17) is 4.74 Å². The van der Waals surface area contributed by atoms with Gasteiger partial charge in [0.1, 0.15) is 5.75 Å². The molecule has 0 aliphatic carbocycles. The van der Waals surface area contributed by atoms with Crippen LogP contribution in [0.3, 0.4) is 0 Å². The lowest BCUT2D eigenvalue weighted by atomic mass is 10.3. The second kappa shape index (κ2) is 6.82. The number of hydrogen-bond donors (Lipinski definition) is 1. The van der Waals surface area contributed by atoms with Crippen LogP contribution in [0, 0.1) is 0 Å². The molecule has 0 saturated carbocycles. The first-order valence-corrected chi connectivity index (χ1v) is 7.39. The summed E-state index contributed by atoms with van der Waals surface area (Å²) in [6.45, 7) is 5.36. The van der Waals surface area contributed by atoms with Crippen LogP contribution >= 0.6 is 11.8 Å². The third kappa shape index (κ3) is 3.88. The van der Waals surface area contributed by atoms with Gasteiger partial charge >= 0.3 is 0 Å². The zero-order valence-corrected chi connectivity index (χ0v) is 12.2. The minimum Gasteiger partial charge on any atom is -0.497 e. The molecule has 1 N–H and O–H groups in total. The van der Waals surface area contributed by atoms with E-state index in [0.29, 0.717) is 0 Å². The monoisotopic (exact) mass is 280 g/mol. The lowest BCUT2D eigenvalue weighted by Gasteiger charge is -2.29. The smallest absolute Gasteiger partial charge is 0.235 e. The minimum atomic E-state index is -0.0646. The van der Waals surface area contributed by atoms with Crippen molar-refractivity contribution in [2.24, 2.45) is 0 Å². The first-order chi connectivity index (χ1) is 9.20. The third-order valence-electron chi connectivity index (χ3n) is 3.13. The number of benzene rings is 1. The van der Waals surface area contributed by atoms with E-state index >= 15 is 0 Å². The predicted molar refractivity (Wildman–Crippen MR) is 77.8 cm³/mol. The van der Waals surface area contributed by atoms with Crippen molar-refractivity contribution in [2.45, 2.75) is 17.1 Å². The molecule has 1 saturated heterocycles. The summed E-state index contributed by atoms with van der Waals surface area (Å²) >= 11 is 1.58. The average molecular weight is 280 g/mol. The van der Waals surface area contributed by atoms with Gasteiger partial charge in [0.15, 0.2) is 0 Å². The Morgan fingerprint density at radius 2 is 2.16 bits per heavy atom. The van der Waals surface area contributed by atoms with E-state index in [-0.39, 0.29) is 11.2 Å². The van der Waals surface area contributed by atoms with Crippen molar-refractivity contribution in [3.8, 4) is 5.75 Å². The number of thioether (sulfide) groups is 1. The van der Waals surface area contributed by atoms with E-state index in [2.05, 4.69) is 5.32 Å². The number of amides is 1. The molecule has 1 fully saturated rings. The van der Waals surface area contributed by atoms with Gasteiger partial charge in [-0.05, 0) is 25.1 Å². The van der Waals surface area contributed by atoms with E-state index in [1.165, 1.54) is 0 Å². The summed E-state index contributed by atoms with van der Waals surface area (Å²) in [7, 11) is 1.65. The van der Waals surface area contributed by atoms with Crippen LogP contribution in [0.1, 0.15) is 6.92 Å². The predicted octanol–water partition coefficient (Wildman–Crippen LogP) is 1.61. The molecule has 1 aromatic rings. The third-order valence-corrected chi connectivity index (χ3v) is 4.21. The molecule has 0 aromatic heterocycles. The van der Waals surface area contributed by atoms with Crippen LogP contribution in [0.25, 0.3) is 0 Å². The van der Waals surface area contributed by atoms with E-state index in [9.17, 15) is 4.79 Å². The molecule has 0 radical (unpaired) electrons. The first kappa shape index (κ1) is 14.2. The quantitative estimate of drug-likeness (QED) is 0.851. The van der Waals surface area contributed by atoms with E-state index in [0.717, 1.165) is 36.8 Å². The summed E-state index contributed by atoms with van der Waals surface area (Å²) in [5.41, 5.74) is 0. The highest BCUT2D eigenvalue weighted by Crippen LogP contribution is 2.27. The van der Waals surface area contributed by atoms with Crippen LogP contribution in [0.2, 0.25) is 0 Å². The lowest BCUT2D eigenvalue weighted by molar-refractivity contribution is -0.130. The molecule has 1 atom stereocenters. The highest BCUT2D eigenvalue weighted by Gasteiger charge is 2.22. The molecule has 104 valence electrons. The topological polar surface area (TPSA) is 41.6 Å². The fourth-order valence-corrected chi connectivity index (χ4v) is 3.07. The molecule has 1 unspecified atom stereocenters. The number of nitrogens with zero attached hydrogens (tertiary/aromatic N) is 1. The number of rotatable bonds is 4. The van der Waals surface area contributed by atoms with Gasteiger partial charge in [0.25, 0.3) is 0 Å². The van der Waals surface area contributed by atoms with Crippen LogP contribution in [0.4, 0.5) is 0 Å². The normalized spacial score (nSPS) is 17.1. The Balaban J connectivity index is 1.95. The van der Waals surface area contributed by atoms with Crippen molar-refractivity contribution in [1.82, 2.24) is 10.2 Å². The van der Waals surface area contributed by atoms with Gasteiger partial charge in [-0.3, -0.25) is 4.79 Å². The number of ether oxygens (including phenoxy) is 1. The van der Waals surface area contributed by atoms with Crippen LogP contribution in [-0.4, -0.2) is 49.3 Å². The zero-order valence-electron chi connectivity index (χ0n) is 11.4. The maximum absolute atomic E-state index is 12.3. The van der Waals surface area contributed by atoms with Crippen molar-refractivity contribution in [2.75, 3.05) is 33.3 Å². The number of hydrogen-bond acceptors (Lipinski definition) is 4. The fraction of sp³-hybridized carbons (Fsp3) is 0.500. The molecule has 0 bridgehead atoms. The summed E-state index contributed by atoms with van der Waals surface area (Å²) in [5, 5.41) is 3.19. The van der Waals surface area contributed by atoms with Crippen LogP contribution in [0.15, 0.2) is 29.2 Å². The van der Waals surface area contributed by atoms with Gasteiger partial charge in [0.2, 0.25) is 5.91 Å². The van der Waals surface area contributed by atoms with Crippen LogP contribution in [0.5, 0.6) is 5.75 Å². The Morgan fingerprint density at radius 3 is 2.84 bits per heavy atom. The van der Waals surface area contributed by atoms with Crippen molar-refractivity contribution in [3.05, 3.63) is 24.3 Å². The molecular weight excluding hydrogens is 260 g/mol. The summed E-state index contributed by atoms with van der Waals surface area (Å²) in [5.74, 6) is 1.04. The van der Waals surface area contributed by atoms with Gasteiger partial charge in [-0.15, -0.1) is 11.8 Å². The SMILES string of the molecule is COc1cccc(SC(C)C(=O)N2CCNCC2)c1. The van der Waals surface area contributed by atoms with Crippen LogP contribution < -0.4 is 10.1 Å². The maximum atomic E-state index is 12.3. The highest BCUT2D eigenvalue weighted by atomic mass is 32.2. The minimum absolute atomic E-state index is 0.0646. The van der Waals surface area contributed by atoms with E-state index in [1.54, 1.807) is 18.9 Å². The first-order valence-electron chi connectivity index (χ1n) is 6.51. The molecule has 2 rings (SSSR count). The summed E-state index contributed by atoms with van der Waals surface area (Å²) in [4.78, 5) is 15.3. The summed E-state index contributed by atoms with van der Waals surface area (Å²) < 4.78 is 5.20. The Hall–Kier alpha value is -1.20. The van der Waals surface area contributed by atoms with Gasteiger partial charge in [0.05, 0.1) is 12.4 Å². The van der Waals surface area contributed by atoms with Gasteiger partial charge in [-0.25, -0.2) is 0 Å². The Labute approximate surface area is 118 Å². The summed E-state index contributed by atoms with van der Waals surface area (Å²) in [6.07, 6.45) is 0.